The molecule has 2 atom stereocenters. The van der Waals surface area contributed by atoms with Gasteiger partial charge in [0.1, 0.15) is 23.6 Å². The van der Waals surface area contributed by atoms with Crippen molar-refractivity contribution in [2.24, 2.45) is 5.92 Å². The number of nitrogens with one attached hydrogen (secondary N) is 2. The second-order valence-electron chi connectivity index (χ2n) is 7.14. The van der Waals surface area contributed by atoms with Crippen LogP contribution in [-0.2, 0) is 0 Å². The van der Waals surface area contributed by atoms with Crippen molar-refractivity contribution in [1.29, 1.82) is 0 Å². The molecule has 1 saturated carbocycles. The van der Waals surface area contributed by atoms with Crippen LogP contribution in [0.3, 0.4) is 0 Å². The van der Waals surface area contributed by atoms with Gasteiger partial charge >= 0.3 is 0 Å². The van der Waals surface area contributed by atoms with Gasteiger partial charge in [-0.25, -0.2) is 9.97 Å². The second kappa shape index (κ2) is 5.54. The first-order valence-corrected chi connectivity index (χ1v) is 8.58. The molecule has 3 aliphatic rings. The molecule has 4 N–H and O–H groups in total. The molecular formula is C18H24N6. The summed E-state index contributed by atoms with van der Waals surface area (Å²) in [6.45, 7) is 4.49. The summed E-state index contributed by atoms with van der Waals surface area (Å²) < 4.78 is 0. The standard InChI is InChI=1S/C18H24N6/c1-12-4-3-5-18(8-12)22-9-15-13(2)6-14(10-24(15)18)23-17-7-16(19)20-11-21-17/h6-7,9-12,22H,3-5,8H2,1-2H3,(H3,19,20,21,23). The van der Waals surface area contributed by atoms with Crippen LogP contribution in [0.1, 0.15) is 39.5 Å². The molecule has 4 rings (SSSR count). The highest BCUT2D eigenvalue weighted by Crippen LogP contribution is 2.43. The molecule has 2 unspecified atom stereocenters. The minimum atomic E-state index is 0.0140. The quantitative estimate of drug-likeness (QED) is 0.776. The molecular weight excluding hydrogens is 300 g/mol. The van der Waals surface area contributed by atoms with Crippen LogP contribution < -0.4 is 16.4 Å². The van der Waals surface area contributed by atoms with Crippen LogP contribution in [0.5, 0.6) is 0 Å². The van der Waals surface area contributed by atoms with E-state index in [1.165, 1.54) is 30.4 Å². The van der Waals surface area contributed by atoms with E-state index < -0.39 is 0 Å². The van der Waals surface area contributed by atoms with Crippen molar-refractivity contribution < 1.29 is 0 Å². The maximum atomic E-state index is 5.75. The highest BCUT2D eigenvalue weighted by atomic mass is 15.4. The molecule has 0 bridgehead atoms. The van der Waals surface area contributed by atoms with Gasteiger partial charge in [-0.2, -0.15) is 0 Å². The Hall–Kier alpha value is -2.50. The lowest BCUT2D eigenvalue weighted by Crippen LogP contribution is -2.53. The van der Waals surface area contributed by atoms with Crippen molar-refractivity contribution in [2.45, 2.75) is 45.2 Å². The molecule has 6 heteroatoms. The molecule has 2 aliphatic heterocycles. The number of nitrogens with zero attached hydrogens (tertiary/aromatic N) is 3. The van der Waals surface area contributed by atoms with Gasteiger partial charge in [0.2, 0.25) is 0 Å². The predicted octanol–water partition coefficient (Wildman–Crippen LogP) is 2.93. The minimum absolute atomic E-state index is 0.0140. The van der Waals surface area contributed by atoms with E-state index in [9.17, 15) is 0 Å². The fraction of sp³-hybridized carbons (Fsp3) is 0.444. The van der Waals surface area contributed by atoms with Crippen LogP contribution in [0.25, 0.3) is 0 Å². The highest BCUT2D eigenvalue weighted by molar-refractivity contribution is 5.54. The lowest BCUT2D eigenvalue weighted by atomic mass is 9.81. The van der Waals surface area contributed by atoms with Crippen LogP contribution >= 0.6 is 0 Å². The molecule has 0 amide bonds. The van der Waals surface area contributed by atoms with Crippen molar-refractivity contribution in [3.8, 4) is 0 Å². The Morgan fingerprint density at radius 1 is 1.42 bits per heavy atom. The molecule has 1 aromatic rings. The Morgan fingerprint density at radius 3 is 3.08 bits per heavy atom. The topological polar surface area (TPSA) is 79.1 Å². The van der Waals surface area contributed by atoms with Crippen LogP contribution in [-0.4, -0.2) is 20.5 Å². The van der Waals surface area contributed by atoms with Gasteiger partial charge in [0.25, 0.3) is 0 Å². The van der Waals surface area contributed by atoms with Crippen LogP contribution in [0.2, 0.25) is 0 Å². The van der Waals surface area contributed by atoms with E-state index >= 15 is 0 Å². The second-order valence-corrected chi connectivity index (χ2v) is 7.14. The average molecular weight is 324 g/mol. The summed E-state index contributed by atoms with van der Waals surface area (Å²) in [6, 6.07) is 1.75. The molecule has 1 aliphatic carbocycles. The Morgan fingerprint density at radius 2 is 2.29 bits per heavy atom. The number of hydrogen-bond acceptors (Lipinski definition) is 6. The van der Waals surface area contributed by atoms with Crippen LogP contribution in [0.15, 0.2) is 47.8 Å². The van der Waals surface area contributed by atoms with Gasteiger partial charge in [-0.05, 0) is 43.8 Å². The Kier molecular flexibility index (Phi) is 3.48. The molecule has 1 spiro atoms. The summed E-state index contributed by atoms with van der Waals surface area (Å²) in [5.41, 5.74) is 9.28. The third-order valence-corrected chi connectivity index (χ3v) is 5.18. The van der Waals surface area contributed by atoms with Gasteiger partial charge in [0.05, 0.1) is 11.4 Å². The van der Waals surface area contributed by atoms with Crippen molar-refractivity contribution in [1.82, 2.24) is 20.2 Å². The summed E-state index contributed by atoms with van der Waals surface area (Å²) in [7, 11) is 0. The Balaban J connectivity index is 1.63. The van der Waals surface area contributed by atoms with E-state index in [1.54, 1.807) is 6.07 Å². The number of nitrogen functional groups attached to an aromatic ring is 1. The Labute approximate surface area is 142 Å². The molecule has 6 nitrogen and oxygen atoms in total. The molecule has 1 aromatic heterocycles. The molecule has 0 saturated heterocycles. The van der Waals surface area contributed by atoms with E-state index in [0.717, 1.165) is 24.5 Å². The third-order valence-electron chi connectivity index (χ3n) is 5.18. The zero-order chi connectivity index (χ0) is 16.7. The molecule has 126 valence electrons. The van der Waals surface area contributed by atoms with E-state index in [2.05, 4.69) is 57.8 Å². The predicted molar refractivity (Wildman–Crippen MR) is 95.3 cm³/mol. The molecule has 0 aromatic carbocycles. The lowest BCUT2D eigenvalue weighted by Gasteiger charge is -2.45. The van der Waals surface area contributed by atoms with Crippen LogP contribution in [0.4, 0.5) is 11.6 Å². The van der Waals surface area contributed by atoms with Gasteiger partial charge in [-0.1, -0.05) is 13.3 Å². The van der Waals surface area contributed by atoms with E-state index in [4.69, 9.17) is 5.73 Å². The van der Waals surface area contributed by atoms with Crippen molar-refractivity contribution >= 4 is 11.6 Å². The van der Waals surface area contributed by atoms with Gasteiger partial charge < -0.3 is 21.3 Å². The number of hydrogen-bond donors (Lipinski definition) is 3. The minimum Gasteiger partial charge on any atom is -0.384 e. The van der Waals surface area contributed by atoms with E-state index in [1.807, 2.05) is 0 Å². The normalized spacial score (nSPS) is 28.7. The third kappa shape index (κ3) is 2.52. The molecule has 1 fully saturated rings. The van der Waals surface area contributed by atoms with Crippen molar-refractivity contribution in [3.63, 3.8) is 0 Å². The summed E-state index contributed by atoms with van der Waals surface area (Å²) in [5, 5.41) is 7.03. The van der Waals surface area contributed by atoms with Gasteiger partial charge in [0, 0.05) is 18.5 Å². The van der Waals surface area contributed by atoms with E-state index in [0.29, 0.717) is 11.6 Å². The summed E-state index contributed by atoms with van der Waals surface area (Å²) in [5.74, 6) is 1.91. The average Bonchev–Trinajstić information content (AvgIpc) is 2.86. The first kappa shape index (κ1) is 15.1. The summed E-state index contributed by atoms with van der Waals surface area (Å²) in [4.78, 5) is 10.6. The maximum Gasteiger partial charge on any atom is 0.135 e. The number of allylic oxidation sites excluding steroid dienone is 2. The van der Waals surface area contributed by atoms with Gasteiger partial charge in [-0.15, -0.1) is 0 Å². The largest absolute Gasteiger partial charge is 0.384 e. The van der Waals surface area contributed by atoms with Gasteiger partial charge in [0.15, 0.2) is 0 Å². The summed E-state index contributed by atoms with van der Waals surface area (Å²) >= 11 is 0. The zero-order valence-electron chi connectivity index (χ0n) is 14.2. The number of nitrogens with two attached hydrogens (primary N) is 1. The molecule has 3 heterocycles. The van der Waals surface area contributed by atoms with Crippen molar-refractivity contribution in [2.75, 3.05) is 11.1 Å². The first-order chi connectivity index (χ1) is 11.6. The number of rotatable bonds is 2. The maximum absolute atomic E-state index is 5.75. The lowest BCUT2D eigenvalue weighted by molar-refractivity contribution is 0.0973. The summed E-state index contributed by atoms with van der Waals surface area (Å²) in [6.07, 6.45) is 12.9. The SMILES string of the molecule is CC1=CC(Nc2cc(N)ncn2)=CN2C1=CNC21CCCC(C)C1. The first-order valence-electron chi connectivity index (χ1n) is 8.58. The highest BCUT2D eigenvalue weighted by Gasteiger charge is 2.44. The molecule has 0 radical (unpaired) electrons. The Bertz CT molecular complexity index is 750. The fourth-order valence-electron chi connectivity index (χ4n) is 4.08. The zero-order valence-corrected chi connectivity index (χ0v) is 14.2. The monoisotopic (exact) mass is 324 g/mol. The number of aromatic nitrogens is 2. The van der Waals surface area contributed by atoms with E-state index in [-0.39, 0.29) is 5.66 Å². The van der Waals surface area contributed by atoms with Gasteiger partial charge in [-0.3, -0.25) is 0 Å². The smallest absolute Gasteiger partial charge is 0.135 e. The van der Waals surface area contributed by atoms with Crippen LogP contribution in [0, 0.1) is 5.92 Å². The fourth-order valence-corrected chi connectivity index (χ4v) is 4.08. The van der Waals surface area contributed by atoms with Crippen molar-refractivity contribution in [3.05, 3.63) is 47.8 Å². The number of fused-ring (bicyclic) bond motifs is 2. The number of anilines is 2. The molecule has 24 heavy (non-hydrogen) atoms.